The molecular formula is C17H13Cl9N3OSb. The Balaban J connectivity index is 0.000000339. The molecule has 31 heavy (non-hydrogen) atoms. The van der Waals surface area contributed by atoms with Gasteiger partial charge in [-0.05, 0) is 29.2 Å². The second kappa shape index (κ2) is 8.79. The summed E-state index contributed by atoms with van der Waals surface area (Å²) in [6.45, 7) is 2.49. The number of aromatic nitrogens is 3. The van der Waals surface area contributed by atoms with E-state index in [0.29, 0.717) is 33.8 Å². The predicted molar refractivity (Wildman–Crippen MR) is 135 cm³/mol. The minimum atomic E-state index is -5.42. The van der Waals surface area contributed by atoms with E-state index in [9.17, 15) is 0 Å². The van der Waals surface area contributed by atoms with Crippen molar-refractivity contribution in [2.75, 3.05) is 6.61 Å². The van der Waals surface area contributed by atoms with Crippen molar-refractivity contribution in [3.8, 4) is 17.1 Å². The summed E-state index contributed by atoms with van der Waals surface area (Å²) < 4.78 is 9.74. The van der Waals surface area contributed by atoms with Gasteiger partial charge >= 0.3 is 67.9 Å². The van der Waals surface area contributed by atoms with Crippen LogP contribution in [0.1, 0.15) is 11.6 Å². The molecule has 14 heteroatoms. The number of halogens is 9. The number of hydrogen-bond acceptors (Lipinski definition) is 2. The van der Waals surface area contributed by atoms with E-state index in [0.717, 1.165) is 23.1 Å². The molecule has 1 aliphatic rings. The van der Waals surface area contributed by atoms with E-state index in [1.54, 1.807) is 12.1 Å². The molecule has 2 aromatic carbocycles. The average Bonchev–Trinajstić information content (AvgIpc) is 2.77. The summed E-state index contributed by atoms with van der Waals surface area (Å²) in [7, 11) is 25.0. The first-order valence-corrected chi connectivity index (χ1v) is 29.0. The fraction of sp³-hybridized carbons (Fsp3) is 0.176. The number of rotatable bonds is 1. The van der Waals surface area contributed by atoms with Crippen LogP contribution in [0.5, 0.6) is 5.75 Å². The Morgan fingerprint density at radius 3 is 2.10 bits per heavy atom. The molecule has 0 unspecified atom stereocenters. The molecule has 3 aromatic rings. The Bertz CT molecular complexity index is 1130. The van der Waals surface area contributed by atoms with E-state index in [1.165, 1.54) is 0 Å². The van der Waals surface area contributed by atoms with Gasteiger partial charge in [-0.3, -0.25) is 0 Å². The Kier molecular flexibility index (Phi) is 7.49. The summed E-state index contributed by atoms with van der Waals surface area (Å²) >= 11 is 18.9. The van der Waals surface area contributed by atoms with Gasteiger partial charge in [0.1, 0.15) is 11.4 Å². The summed E-state index contributed by atoms with van der Waals surface area (Å²) in [6, 6.07) is 11.2. The average molecular weight is 716 g/mol. The van der Waals surface area contributed by atoms with Crippen molar-refractivity contribution in [3.05, 3.63) is 63.1 Å². The van der Waals surface area contributed by atoms with Gasteiger partial charge in [0, 0.05) is 11.9 Å². The van der Waals surface area contributed by atoms with E-state index in [1.807, 2.05) is 40.6 Å². The number of benzene rings is 2. The zero-order chi connectivity index (χ0) is 23.3. The second-order valence-corrected chi connectivity index (χ2v) is 64.6. The quantitative estimate of drug-likeness (QED) is 0.188. The normalized spacial score (nSPS) is 15.3. The Morgan fingerprint density at radius 2 is 1.52 bits per heavy atom. The van der Waals surface area contributed by atoms with Crippen LogP contribution in [0.25, 0.3) is 11.4 Å². The van der Waals surface area contributed by atoms with Crippen molar-refractivity contribution < 1.29 is 9.42 Å². The van der Waals surface area contributed by atoms with E-state index in [-0.39, 0.29) is 0 Å². The van der Waals surface area contributed by atoms with Gasteiger partial charge in [-0.15, -0.1) is 9.36 Å². The monoisotopic (exact) mass is 711 g/mol. The molecule has 2 heterocycles. The Hall–Kier alpha value is 0.808. The molecule has 170 valence electrons. The third kappa shape index (κ3) is 7.65. The topological polar surface area (TPSA) is 30.9 Å². The maximum atomic E-state index is 6.45. The van der Waals surface area contributed by atoms with Crippen LogP contribution in [0, 0.1) is 6.92 Å². The van der Waals surface area contributed by atoms with Gasteiger partial charge < -0.3 is 4.74 Å². The molecule has 1 aliphatic heterocycles. The van der Waals surface area contributed by atoms with Crippen molar-refractivity contribution in [1.82, 2.24) is 9.67 Å². The van der Waals surface area contributed by atoms with Gasteiger partial charge in [0.15, 0.2) is 5.69 Å². The fourth-order valence-corrected chi connectivity index (χ4v) is 3.93. The molecule has 0 spiro atoms. The summed E-state index contributed by atoms with van der Waals surface area (Å²) in [5.41, 5.74) is 1.54. The number of nitrogens with zero attached hydrogens (tertiary/aromatic N) is 3. The van der Waals surface area contributed by atoms with Crippen LogP contribution in [0.4, 0.5) is 0 Å². The molecule has 0 saturated carbocycles. The zero-order valence-corrected chi connectivity index (χ0v) is 24.8. The maximum absolute atomic E-state index is 6.45. The number of hydrogen-bond donors (Lipinski definition) is 0. The van der Waals surface area contributed by atoms with Crippen molar-refractivity contribution >= 4 is 96.9 Å². The number of para-hydroxylation sites is 2. The SMILES string of the molecule is Cc1nc2n([n+]1-c1c(Cl)cc(Cl)cc1Cl)-c1ccccc1OCC2.[Cl][Sb-]([Cl])([Cl])([Cl])([Cl])[Cl]. The molecular weight excluding hydrogens is 703 g/mol. The molecule has 4 rings (SSSR count). The predicted octanol–water partition coefficient (Wildman–Crippen LogP) is 8.11. The van der Waals surface area contributed by atoms with E-state index in [2.05, 4.69) is 4.98 Å². The molecule has 0 radical (unpaired) electrons. The van der Waals surface area contributed by atoms with Gasteiger partial charge in [0.2, 0.25) is 0 Å². The summed E-state index contributed by atoms with van der Waals surface area (Å²) in [5.74, 6) is 2.47. The molecule has 1 aromatic heterocycles. The van der Waals surface area contributed by atoms with Gasteiger partial charge in [0.25, 0.3) is 5.82 Å². The van der Waals surface area contributed by atoms with Gasteiger partial charge in [-0.1, -0.05) is 46.9 Å². The van der Waals surface area contributed by atoms with Crippen molar-refractivity contribution in [2.45, 2.75) is 13.3 Å². The van der Waals surface area contributed by atoms with Crippen molar-refractivity contribution in [2.24, 2.45) is 0 Å². The van der Waals surface area contributed by atoms with Crippen LogP contribution in [0.15, 0.2) is 36.4 Å². The molecule has 0 atom stereocenters. The first-order chi connectivity index (χ1) is 14.0. The fourth-order valence-electron chi connectivity index (χ4n) is 2.96. The van der Waals surface area contributed by atoms with Gasteiger partial charge in [0.05, 0.1) is 23.1 Å². The molecule has 4 nitrogen and oxygen atoms in total. The summed E-state index contributed by atoms with van der Waals surface area (Å²) in [5, 5.41) is 1.42. The van der Waals surface area contributed by atoms with Crippen LogP contribution in [0.3, 0.4) is 0 Å². The van der Waals surface area contributed by atoms with Crippen LogP contribution < -0.4 is 9.42 Å². The van der Waals surface area contributed by atoms with Crippen LogP contribution in [-0.4, -0.2) is 25.4 Å². The molecule has 0 saturated heterocycles. The number of fused-ring (bicyclic) bond motifs is 3. The van der Waals surface area contributed by atoms with Crippen LogP contribution in [0.2, 0.25) is 15.1 Å². The van der Waals surface area contributed by atoms with Crippen molar-refractivity contribution in [1.29, 1.82) is 0 Å². The van der Waals surface area contributed by atoms with Gasteiger partial charge in [-0.25, -0.2) is 0 Å². The minimum absolute atomic E-state index is 0.464. The molecule has 0 bridgehead atoms. The first kappa shape index (κ1) is 26.4. The van der Waals surface area contributed by atoms with Crippen LogP contribution >= 0.6 is 87.8 Å². The number of aryl methyl sites for hydroxylation is 1. The third-order valence-corrected chi connectivity index (χ3v) is 4.71. The van der Waals surface area contributed by atoms with E-state index < -0.39 is 9.14 Å². The Morgan fingerprint density at radius 1 is 0.968 bits per heavy atom. The van der Waals surface area contributed by atoms with Crippen molar-refractivity contribution in [3.63, 3.8) is 0 Å². The second-order valence-electron chi connectivity index (χ2n) is 6.44. The van der Waals surface area contributed by atoms with Crippen LogP contribution in [-0.2, 0) is 6.42 Å². The summed E-state index contributed by atoms with van der Waals surface area (Å²) in [4.78, 5) is 4.69. The number of ether oxygens (including phenoxy) is 1. The molecule has 0 amide bonds. The van der Waals surface area contributed by atoms with E-state index >= 15 is 0 Å². The molecule has 0 fully saturated rings. The van der Waals surface area contributed by atoms with Gasteiger partial charge in [-0.2, -0.15) is 0 Å². The van der Waals surface area contributed by atoms with E-state index in [4.69, 9.17) is 92.5 Å². The first-order valence-electron chi connectivity index (χ1n) is 8.45. The zero-order valence-electron chi connectivity index (χ0n) is 15.5. The molecule has 0 N–H and O–H groups in total. The standard InChI is InChI=1S/C17H13Cl3N3O.6ClH.Sb/c1-10-21-16-6-7-24-15-5-3-2-4-14(15)23(16)22(10)17-12(19)8-11(18)9-13(17)20;;;;;;;/h2-5,8-9H,6-7H2,1H3;6*1H;/q+1;;;;;;;+5/p-6. The summed E-state index contributed by atoms with van der Waals surface area (Å²) in [6.07, 6.45) is 0.686. The Labute approximate surface area is 213 Å². The molecule has 0 aliphatic carbocycles. The third-order valence-electron chi connectivity index (χ3n) is 3.91.